The fourth-order valence-electron chi connectivity index (χ4n) is 4.19. The van der Waals surface area contributed by atoms with Gasteiger partial charge in [0.1, 0.15) is 11.5 Å². The highest BCUT2D eigenvalue weighted by molar-refractivity contribution is 7.82. The molecule has 1 atom stereocenters. The van der Waals surface area contributed by atoms with E-state index in [2.05, 4.69) is 15.1 Å². The molecule has 5 rings (SSSR count). The number of pyridine rings is 1. The second-order valence-electron chi connectivity index (χ2n) is 9.31. The Labute approximate surface area is 235 Å². The number of nitrogen functional groups attached to an aromatic ring is 1. The Bertz CT molecular complexity index is 1680. The van der Waals surface area contributed by atoms with Gasteiger partial charge in [0.2, 0.25) is 0 Å². The summed E-state index contributed by atoms with van der Waals surface area (Å²) in [6.45, 7) is 7.43. The smallest absolute Gasteiger partial charge is 0.278 e. The van der Waals surface area contributed by atoms with E-state index in [1.807, 2.05) is 19.9 Å². The fourth-order valence-corrected chi connectivity index (χ4v) is 4.19. The van der Waals surface area contributed by atoms with E-state index in [0.717, 1.165) is 18.4 Å². The van der Waals surface area contributed by atoms with Crippen molar-refractivity contribution in [3.05, 3.63) is 80.1 Å². The van der Waals surface area contributed by atoms with E-state index in [0.29, 0.717) is 39.1 Å². The van der Waals surface area contributed by atoms with Crippen molar-refractivity contribution in [1.82, 2.24) is 19.1 Å². The van der Waals surface area contributed by atoms with Crippen molar-refractivity contribution >= 4 is 39.0 Å². The van der Waals surface area contributed by atoms with Crippen LogP contribution in [0.3, 0.4) is 0 Å². The number of nitrogens with one attached hydrogen (secondary N) is 2. The number of hydrogen-bond acceptors (Lipinski definition) is 6. The topological polar surface area (TPSA) is 124 Å². The van der Waals surface area contributed by atoms with Crippen LogP contribution in [0.4, 0.5) is 21.5 Å². The Balaban J connectivity index is 0.000000570. The normalized spacial score (nSPS) is 13.1. The van der Waals surface area contributed by atoms with Crippen molar-refractivity contribution in [3.63, 3.8) is 0 Å². The molecule has 1 fully saturated rings. The Kier molecular flexibility index (Phi) is 9.99. The molecule has 1 aliphatic carbocycles. The predicted octanol–water partition coefficient (Wildman–Crippen LogP) is 4.70. The molecule has 9 nitrogen and oxygen atoms in total. The van der Waals surface area contributed by atoms with Gasteiger partial charge in [-0.1, -0.05) is 32.0 Å². The minimum Gasteiger partial charge on any atom is -0.399 e. The lowest BCUT2D eigenvalue weighted by Crippen LogP contribution is -2.29. The summed E-state index contributed by atoms with van der Waals surface area (Å²) >= 11 is 0. The number of aryl methyl sites for hydroxylation is 2. The van der Waals surface area contributed by atoms with Crippen molar-refractivity contribution in [2.45, 2.75) is 46.6 Å². The third-order valence-corrected chi connectivity index (χ3v) is 6.98. The summed E-state index contributed by atoms with van der Waals surface area (Å²) in [7, 11) is 2.44. The van der Waals surface area contributed by atoms with Crippen molar-refractivity contribution in [2.24, 2.45) is 7.05 Å². The zero-order valence-corrected chi connectivity index (χ0v) is 24.8. The maximum Gasteiger partial charge on any atom is 0.278 e. The van der Waals surface area contributed by atoms with Crippen molar-refractivity contribution in [2.75, 3.05) is 24.4 Å². The Morgan fingerprint density at radius 2 is 1.73 bits per heavy atom. The maximum absolute atomic E-state index is 14.7. The summed E-state index contributed by atoms with van der Waals surface area (Å²) in [6.07, 6.45) is 3.30. The van der Waals surface area contributed by atoms with Gasteiger partial charge in [0.15, 0.2) is 0 Å². The average molecular weight is 569 g/mol. The van der Waals surface area contributed by atoms with Crippen molar-refractivity contribution in [3.8, 4) is 11.3 Å². The molecule has 2 heterocycles. The molecule has 4 aromatic rings. The SMILES string of the molecule is CC.CN[S@](C)=O.Cc1ccc(Nc2c(C)c(=O)n(C)c3c(-c4cccc(N)c4)nn(C4CC4)c(=O)c23)c(F)c1. The Morgan fingerprint density at radius 3 is 2.27 bits per heavy atom. The molecule has 0 radical (unpaired) electrons. The molecule has 0 bridgehead atoms. The molecule has 0 unspecified atom stereocenters. The summed E-state index contributed by atoms with van der Waals surface area (Å²) in [6, 6.07) is 12.0. The summed E-state index contributed by atoms with van der Waals surface area (Å²) in [5, 5.41) is 8.01. The number of hydrogen-bond donors (Lipinski definition) is 3. The van der Waals surface area contributed by atoms with Crippen LogP contribution in [0.2, 0.25) is 0 Å². The van der Waals surface area contributed by atoms with E-state index in [1.54, 1.807) is 64.5 Å². The molecule has 0 aliphatic heterocycles. The molecule has 0 spiro atoms. The highest BCUT2D eigenvalue weighted by Gasteiger charge is 2.30. The summed E-state index contributed by atoms with van der Waals surface area (Å²) in [5.41, 5.74) is 9.10. The predicted molar refractivity (Wildman–Crippen MR) is 163 cm³/mol. The summed E-state index contributed by atoms with van der Waals surface area (Å²) in [5.74, 6) is -0.462. The first-order chi connectivity index (χ1) is 19.0. The van der Waals surface area contributed by atoms with Crippen molar-refractivity contribution in [1.29, 1.82) is 0 Å². The van der Waals surface area contributed by atoms with Crippen LogP contribution >= 0.6 is 0 Å². The quantitative estimate of drug-likeness (QED) is 0.300. The number of aromatic nitrogens is 3. The van der Waals surface area contributed by atoms with Gasteiger partial charge in [-0.05, 0) is 63.6 Å². The number of halogens is 1. The molecule has 1 aliphatic rings. The van der Waals surface area contributed by atoms with E-state index in [-0.39, 0.29) is 22.8 Å². The molecular weight excluding hydrogens is 531 g/mol. The van der Waals surface area contributed by atoms with Gasteiger partial charge in [-0.2, -0.15) is 5.10 Å². The van der Waals surface area contributed by atoms with E-state index in [4.69, 9.17) is 5.73 Å². The maximum atomic E-state index is 14.7. The highest BCUT2D eigenvalue weighted by atomic mass is 32.2. The summed E-state index contributed by atoms with van der Waals surface area (Å²) in [4.78, 5) is 26.8. The molecule has 1 saturated carbocycles. The van der Waals surface area contributed by atoms with Gasteiger partial charge in [-0.3, -0.25) is 9.59 Å². The number of rotatable bonds is 5. The van der Waals surface area contributed by atoms with Gasteiger partial charge < -0.3 is 15.6 Å². The van der Waals surface area contributed by atoms with Gasteiger partial charge in [-0.15, -0.1) is 0 Å². The molecular formula is C29H37FN6O3S. The van der Waals surface area contributed by atoms with Crippen LogP contribution in [-0.4, -0.2) is 31.9 Å². The first-order valence-corrected chi connectivity index (χ1v) is 14.6. The number of nitrogens with zero attached hydrogens (tertiary/aromatic N) is 3. The van der Waals surface area contributed by atoms with Crippen LogP contribution in [0.15, 0.2) is 52.1 Å². The second-order valence-corrected chi connectivity index (χ2v) is 10.6. The van der Waals surface area contributed by atoms with Gasteiger partial charge in [0, 0.05) is 30.1 Å². The third kappa shape index (κ3) is 6.48. The molecule has 0 saturated heterocycles. The molecule has 0 amide bonds. The van der Waals surface area contributed by atoms with Crippen LogP contribution in [-0.2, 0) is 18.0 Å². The van der Waals surface area contributed by atoms with Gasteiger partial charge in [-0.25, -0.2) is 18.0 Å². The Hall–Kier alpha value is -3.83. The van der Waals surface area contributed by atoms with E-state index < -0.39 is 16.8 Å². The molecule has 4 N–H and O–H groups in total. The lowest BCUT2D eigenvalue weighted by atomic mass is 10.0. The minimum absolute atomic E-state index is 0.00297. The minimum atomic E-state index is -0.823. The Morgan fingerprint density at radius 1 is 1.07 bits per heavy atom. The highest BCUT2D eigenvalue weighted by Crippen LogP contribution is 2.37. The van der Waals surface area contributed by atoms with Crippen LogP contribution in [0.5, 0.6) is 0 Å². The van der Waals surface area contributed by atoms with Crippen LogP contribution in [0.25, 0.3) is 22.2 Å². The molecule has 214 valence electrons. The summed E-state index contributed by atoms with van der Waals surface area (Å²) < 4.78 is 29.9. The lowest BCUT2D eigenvalue weighted by molar-refractivity contribution is 0.607. The van der Waals surface area contributed by atoms with E-state index >= 15 is 0 Å². The van der Waals surface area contributed by atoms with Gasteiger partial charge >= 0.3 is 0 Å². The zero-order chi connectivity index (χ0) is 29.7. The third-order valence-electron chi connectivity index (χ3n) is 6.40. The number of anilines is 3. The largest absolute Gasteiger partial charge is 0.399 e. The van der Waals surface area contributed by atoms with Gasteiger partial charge in [0.05, 0.1) is 39.3 Å². The molecule has 2 aromatic carbocycles. The fraction of sp³-hybridized carbons (Fsp3) is 0.345. The lowest BCUT2D eigenvalue weighted by Gasteiger charge is -2.19. The van der Waals surface area contributed by atoms with Crippen LogP contribution in [0, 0.1) is 19.7 Å². The van der Waals surface area contributed by atoms with E-state index in [9.17, 15) is 18.2 Å². The number of nitrogens with two attached hydrogens (primary N) is 1. The monoisotopic (exact) mass is 568 g/mol. The van der Waals surface area contributed by atoms with Gasteiger partial charge in [0.25, 0.3) is 11.1 Å². The molecule has 11 heteroatoms. The molecule has 2 aromatic heterocycles. The molecule has 40 heavy (non-hydrogen) atoms. The second kappa shape index (κ2) is 13.0. The van der Waals surface area contributed by atoms with Crippen molar-refractivity contribution < 1.29 is 8.60 Å². The van der Waals surface area contributed by atoms with Crippen LogP contribution < -0.4 is 26.9 Å². The average Bonchev–Trinajstić information content (AvgIpc) is 3.78. The number of fused-ring (bicyclic) bond motifs is 1. The number of benzene rings is 2. The first kappa shape index (κ1) is 30.7. The standard InChI is InChI=1S/C25H24FN5O2.C2H7NOS.C2H6/c1-13-7-10-19(18(26)11-13)28-21-14(2)24(32)30(3)23-20(21)25(33)31(17-8-9-17)29-22(23)15-5-4-6-16(27)12-15;1-3-5(2)4;1-2/h4-7,10-12,17,28H,8-9,27H2,1-3H3;3H,1-2H3;1-2H3/t;5-;/m.0./s1. The van der Waals surface area contributed by atoms with E-state index in [1.165, 1.54) is 15.3 Å². The first-order valence-electron chi connectivity index (χ1n) is 13.1. The van der Waals surface area contributed by atoms with Crippen LogP contribution in [0.1, 0.15) is 43.9 Å². The zero-order valence-electron chi connectivity index (χ0n) is 24.0.